The van der Waals surface area contributed by atoms with Crippen molar-refractivity contribution in [3.8, 4) is 11.5 Å². The number of rotatable bonds is 10. The highest BCUT2D eigenvalue weighted by Gasteiger charge is 2.20. The van der Waals surface area contributed by atoms with Crippen LogP contribution >= 0.6 is 0 Å². The number of hydrogen-bond acceptors (Lipinski definition) is 6. The first kappa shape index (κ1) is 21.2. The summed E-state index contributed by atoms with van der Waals surface area (Å²) in [6, 6.07) is 4.97. The molecule has 1 amide bonds. The molecule has 8 nitrogen and oxygen atoms in total. The van der Waals surface area contributed by atoms with Crippen LogP contribution in [-0.2, 0) is 14.8 Å². The number of nitrogens with zero attached hydrogens (tertiary/aromatic N) is 2. The number of hydrogen-bond donors (Lipinski definition) is 1. The van der Waals surface area contributed by atoms with Crippen molar-refractivity contribution in [2.45, 2.75) is 6.42 Å². The summed E-state index contributed by atoms with van der Waals surface area (Å²) < 4.78 is 35.3. The van der Waals surface area contributed by atoms with Gasteiger partial charge in [-0.1, -0.05) is 0 Å². The third-order valence-electron chi connectivity index (χ3n) is 3.48. The third-order valence-corrected chi connectivity index (χ3v) is 4.73. The molecule has 0 saturated heterocycles. The summed E-state index contributed by atoms with van der Waals surface area (Å²) in [6.45, 7) is 0.769. The van der Waals surface area contributed by atoms with Gasteiger partial charge in [-0.25, -0.2) is 8.42 Å². The summed E-state index contributed by atoms with van der Waals surface area (Å²) in [5.74, 6) is 0.598. The lowest BCUT2D eigenvalue weighted by Crippen LogP contribution is -2.38. The first-order valence-electron chi connectivity index (χ1n) is 7.79. The van der Waals surface area contributed by atoms with Gasteiger partial charge in [0.2, 0.25) is 15.9 Å². The molecule has 0 aliphatic heterocycles. The van der Waals surface area contributed by atoms with Crippen LogP contribution in [0.5, 0.6) is 11.5 Å². The lowest BCUT2D eigenvalue weighted by atomic mass is 10.2. The van der Waals surface area contributed by atoms with Gasteiger partial charge in [0.05, 0.1) is 32.7 Å². The molecule has 1 aromatic rings. The highest BCUT2D eigenvalue weighted by Crippen LogP contribution is 2.28. The van der Waals surface area contributed by atoms with E-state index < -0.39 is 15.9 Å². The number of benzene rings is 1. The molecular weight excluding hydrogens is 346 g/mol. The van der Waals surface area contributed by atoms with Crippen molar-refractivity contribution >= 4 is 21.6 Å². The number of methoxy groups -OCH3 is 2. The smallest absolute Gasteiger partial charge is 0.239 e. The Morgan fingerprint density at radius 1 is 1.16 bits per heavy atom. The van der Waals surface area contributed by atoms with Crippen molar-refractivity contribution in [2.75, 3.05) is 59.5 Å². The fraction of sp³-hybridized carbons (Fsp3) is 0.562. The summed E-state index contributed by atoms with van der Waals surface area (Å²) in [6.07, 6.45) is 1.74. The van der Waals surface area contributed by atoms with Gasteiger partial charge < -0.3 is 19.7 Å². The maximum absolute atomic E-state index is 12.3. The number of sulfonamides is 1. The quantitative estimate of drug-likeness (QED) is 0.654. The Morgan fingerprint density at radius 2 is 1.84 bits per heavy atom. The van der Waals surface area contributed by atoms with Crippen LogP contribution in [-0.4, -0.2) is 77.7 Å². The predicted molar refractivity (Wildman–Crippen MR) is 97.8 cm³/mol. The van der Waals surface area contributed by atoms with Crippen LogP contribution in [0.2, 0.25) is 0 Å². The molecule has 0 bridgehead atoms. The molecule has 142 valence electrons. The standard InChI is InChI=1S/C16H27N3O5S/c1-18(2)9-6-10-19(25(5,21)22)12-16(20)17-14-8-7-13(23-3)11-15(14)24-4/h7-8,11H,6,9-10,12H2,1-5H3,(H,17,20). The minimum Gasteiger partial charge on any atom is -0.497 e. The van der Waals surface area contributed by atoms with Gasteiger partial charge in [-0.15, -0.1) is 0 Å². The minimum atomic E-state index is -3.47. The summed E-state index contributed by atoms with van der Waals surface area (Å²) in [4.78, 5) is 14.2. The molecule has 0 aliphatic carbocycles. The number of ether oxygens (including phenoxy) is 2. The Bertz CT molecular complexity index is 676. The maximum Gasteiger partial charge on any atom is 0.239 e. The summed E-state index contributed by atoms with van der Waals surface area (Å²) >= 11 is 0. The zero-order valence-electron chi connectivity index (χ0n) is 15.4. The third kappa shape index (κ3) is 7.29. The van der Waals surface area contributed by atoms with Crippen LogP contribution in [0.25, 0.3) is 0 Å². The van der Waals surface area contributed by atoms with Gasteiger partial charge in [0.25, 0.3) is 0 Å². The van der Waals surface area contributed by atoms with Gasteiger partial charge >= 0.3 is 0 Å². The fourth-order valence-electron chi connectivity index (χ4n) is 2.18. The summed E-state index contributed by atoms with van der Waals surface area (Å²) in [5, 5.41) is 2.68. The van der Waals surface area contributed by atoms with Gasteiger partial charge in [-0.2, -0.15) is 4.31 Å². The second kappa shape index (κ2) is 9.59. The predicted octanol–water partition coefficient (Wildman–Crippen LogP) is 0.856. The Kier molecular flexibility index (Phi) is 8.14. The van der Waals surface area contributed by atoms with Gasteiger partial charge in [-0.05, 0) is 39.2 Å². The molecule has 1 N–H and O–H groups in total. The van der Waals surface area contributed by atoms with Crippen molar-refractivity contribution < 1.29 is 22.7 Å². The van der Waals surface area contributed by atoms with E-state index in [1.165, 1.54) is 18.5 Å². The molecule has 0 unspecified atom stereocenters. The van der Waals surface area contributed by atoms with E-state index in [0.29, 0.717) is 23.6 Å². The van der Waals surface area contributed by atoms with E-state index in [1.807, 2.05) is 19.0 Å². The summed E-state index contributed by atoms with van der Waals surface area (Å²) in [7, 11) is 3.36. The number of carbonyl (C=O) groups excluding carboxylic acids is 1. The molecule has 0 aliphatic rings. The van der Waals surface area contributed by atoms with E-state index in [2.05, 4.69) is 5.32 Å². The van der Waals surface area contributed by atoms with Crippen molar-refractivity contribution in [3.05, 3.63) is 18.2 Å². The number of amides is 1. The molecule has 1 rings (SSSR count). The number of anilines is 1. The Balaban J connectivity index is 2.77. The molecule has 0 aromatic heterocycles. The SMILES string of the molecule is COc1ccc(NC(=O)CN(CCCN(C)C)S(C)(=O)=O)c(OC)c1. The Morgan fingerprint density at radius 3 is 2.36 bits per heavy atom. The molecular formula is C16H27N3O5S. The van der Waals surface area contributed by atoms with Crippen LogP contribution in [0.3, 0.4) is 0 Å². The number of carbonyl (C=O) groups is 1. The van der Waals surface area contributed by atoms with E-state index in [4.69, 9.17) is 9.47 Å². The van der Waals surface area contributed by atoms with Crippen LogP contribution in [0.1, 0.15) is 6.42 Å². The van der Waals surface area contributed by atoms with E-state index in [9.17, 15) is 13.2 Å². The van der Waals surface area contributed by atoms with Gasteiger partial charge in [0, 0.05) is 12.6 Å². The van der Waals surface area contributed by atoms with Crippen molar-refractivity contribution in [2.24, 2.45) is 0 Å². The first-order valence-corrected chi connectivity index (χ1v) is 9.64. The van der Waals surface area contributed by atoms with E-state index in [-0.39, 0.29) is 13.1 Å². The normalized spacial score (nSPS) is 11.6. The highest BCUT2D eigenvalue weighted by atomic mass is 32.2. The lowest BCUT2D eigenvalue weighted by Gasteiger charge is -2.21. The first-order chi connectivity index (χ1) is 11.7. The largest absolute Gasteiger partial charge is 0.497 e. The van der Waals surface area contributed by atoms with Crippen LogP contribution in [0, 0.1) is 0 Å². The zero-order chi connectivity index (χ0) is 19.0. The highest BCUT2D eigenvalue weighted by molar-refractivity contribution is 7.88. The fourth-order valence-corrected chi connectivity index (χ4v) is 2.99. The minimum absolute atomic E-state index is 0.249. The molecule has 1 aromatic carbocycles. The molecule has 0 radical (unpaired) electrons. The van der Waals surface area contributed by atoms with Crippen molar-refractivity contribution in [3.63, 3.8) is 0 Å². The van der Waals surface area contributed by atoms with E-state index >= 15 is 0 Å². The topological polar surface area (TPSA) is 88.2 Å². The number of nitrogens with one attached hydrogen (secondary N) is 1. The molecule has 0 heterocycles. The van der Waals surface area contributed by atoms with E-state index in [0.717, 1.165) is 12.8 Å². The molecule has 0 fully saturated rings. The van der Waals surface area contributed by atoms with Crippen LogP contribution in [0.15, 0.2) is 18.2 Å². The molecule has 0 atom stereocenters. The lowest BCUT2D eigenvalue weighted by molar-refractivity contribution is -0.116. The maximum atomic E-state index is 12.3. The average Bonchev–Trinajstić information content (AvgIpc) is 2.53. The molecule has 9 heteroatoms. The van der Waals surface area contributed by atoms with Crippen molar-refractivity contribution in [1.29, 1.82) is 0 Å². The summed E-state index contributed by atoms with van der Waals surface area (Å²) in [5.41, 5.74) is 0.454. The monoisotopic (exact) mass is 373 g/mol. The van der Waals surface area contributed by atoms with Gasteiger partial charge in [-0.3, -0.25) is 4.79 Å². The van der Waals surface area contributed by atoms with Gasteiger partial charge in [0.15, 0.2) is 0 Å². The van der Waals surface area contributed by atoms with Crippen molar-refractivity contribution in [1.82, 2.24) is 9.21 Å². The second-order valence-electron chi connectivity index (χ2n) is 5.87. The molecule has 0 saturated carbocycles. The van der Waals surface area contributed by atoms with Crippen LogP contribution < -0.4 is 14.8 Å². The Hall–Kier alpha value is -1.84. The zero-order valence-corrected chi connectivity index (χ0v) is 16.2. The van der Waals surface area contributed by atoms with Gasteiger partial charge in [0.1, 0.15) is 11.5 Å². The molecule has 0 spiro atoms. The second-order valence-corrected chi connectivity index (χ2v) is 7.85. The molecule has 25 heavy (non-hydrogen) atoms. The van der Waals surface area contributed by atoms with Crippen LogP contribution in [0.4, 0.5) is 5.69 Å². The average molecular weight is 373 g/mol. The van der Waals surface area contributed by atoms with E-state index in [1.54, 1.807) is 18.2 Å². The Labute approximate surface area is 149 Å².